The Labute approximate surface area is 106 Å². The zero-order valence-electron chi connectivity index (χ0n) is 12.0. The van der Waals surface area contributed by atoms with Crippen molar-refractivity contribution in [2.24, 2.45) is 11.7 Å². The second kappa shape index (κ2) is 8.48. The molecule has 0 saturated carbocycles. The summed E-state index contributed by atoms with van der Waals surface area (Å²) in [4.78, 5) is 13.7. The fraction of sp³-hybridized carbons (Fsp3) is 0.923. The van der Waals surface area contributed by atoms with Crippen LogP contribution in [0.1, 0.15) is 41.0 Å². The first kappa shape index (κ1) is 16.4. The Morgan fingerprint density at radius 3 is 2.24 bits per heavy atom. The van der Waals surface area contributed by atoms with Gasteiger partial charge in [-0.3, -0.25) is 4.79 Å². The summed E-state index contributed by atoms with van der Waals surface area (Å²) >= 11 is 0. The Hall–Kier alpha value is -0.610. The van der Waals surface area contributed by atoms with E-state index in [-0.39, 0.29) is 18.0 Å². The van der Waals surface area contributed by atoms with Crippen LogP contribution in [0.3, 0.4) is 0 Å². The van der Waals surface area contributed by atoms with E-state index in [0.29, 0.717) is 5.92 Å². The van der Waals surface area contributed by atoms with Gasteiger partial charge in [0.15, 0.2) is 0 Å². The maximum atomic E-state index is 11.3. The van der Waals surface area contributed by atoms with E-state index in [1.807, 2.05) is 13.8 Å². The van der Waals surface area contributed by atoms with Crippen LogP contribution in [-0.2, 0) is 4.79 Å². The highest BCUT2D eigenvalue weighted by molar-refractivity contribution is 5.79. The number of nitrogens with two attached hydrogens (primary N) is 1. The number of primary amides is 1. The SMILES string of the molecule is CCN(CCC(NC(C)C)C(N)=O)CC(C)C. The molecule has 4 heteroatoms. The van der Waals surface area contributed by atoms with E-state index in [1.54, 1.807) is 0 Å². The normalized spacial score (nSPS) is 13.6. The van der Waals surface area contributed by atoms with E-state index in [2.05, 4.69) is 31.0 Å². The molecule has 0 bridgehead atoms. The first-order chi connectivity index (χ1) is 7.86. The molecule has 0 aliphatic carbocycles. The summed E-state index contributed by atoms with van der Waals surface area (Å²) in [6.45, 7) is 13.6. The number of carbonyl (C=O) groups is 1. The summed E-state index contributed by atoms with van der Waals surface area (Å²) < 4.78 is 0. The molecule has 0 heterocycles. The number of rotatable bonds is 9. The number of nitrogens with one attached hydrogen (secondary N) is 1. The molecule has 0 radical (unpaired) electrons. The van der Waals surface area contributed by atoms with Gasteiger partial charge in [-0.1, -0.05) is 34.6 Å². The Kier molecular flexibility index (Phi) is 8.17. The lowest BCUT2D eigenvalue weighted by molar-refractivity contribution is -0.120. The minimum absolute atomic E-state index is 0.212. The number of hydrogen-bond acceptors (Lipinski definition) is 3. The van der Waals surface area contributed by atoms with Crippen molar-refractivity contribution < 1.29 is 4.79 Å². The molecule has 1 atom stereocenters. The van der Waals surface area contributed by atoms with Crippen molar-refractivity contribution in [3.63, 3.8) is 0 Å². The maximum absolute atomic E-state index is 11.3. The van der Waals surface area contributed by atoms with Gasteiger partial charge in [-0.05, 0) is 18.9 Å². The molecule has 0 saturated heterocycles. The predicted molar refractivity (Wildman–Crippen MR) is 72.8 cm³/mol. The van der Waals surface area contributed by atoms with Crippen molar-refractivity contribution in [3.05, 3.63) is 0 Å². The molecule has 0 rings (SSSR count). The Morgan fingerprint density at radius 2 is 1.88 bits per heavy atom. The molecule has 1 amide bonds. The van der Waals surface area contributed by atoms with Gasteiger partial charge in [0.2, 0.25) is 5.91 Å². The topological polar surface area (TPSA) is 58.4 Å². The van der Waals surface area contributed by atoms with E-state index < -0.39 is 0 Å². The summed E-state index contributed by atoms with van der Waals surface area (Å²) in [5.41, 5.74) is 5.39. The quantitative estimate of drug-likeness (QED) is 0.640. The smallest absolute Gasteiger partial charge is 0.234 e. The van der Waals surface area contributed by atoms with E-state index >= 15 is 0 Å². The Morgan fingerprint density at radius 1 is 1.29 bits per heavy atom. The van der Waals surface area contributed by atoms with E-state index in [0.717, 1.165) is 26.1 Å². The van der Waals surface area contributed by atoms with E-state index in [9.17, 15) is 4.79 Å². The Balaban J connectivity index is 4.13. The highest BCUT2D eigenvalue weighted by atomic mass is 16.1. The minimum atomic E-state index is -0.251. The lowest BCUT2D eigenvalue weighted by Crippen LogP contribution is -2.46. The molecule has 0 aromatic heterocycles. The second-order valence-electron chi connectivity index (χ2n) is 5.35. The third kappa shape index (κ3) is 8.16. The molecular weight excluding hydrogens is 214 g/mol. The van der Waals surface area contributed by atoms with Crippen LogP contribution >= 0.6 is 0 Å². The van der Waals surface area contributed by atoms with Crippen LogP contribution in [0.15, 0.2) is 0 Å². The minimum Gasteiger partial charge on any atom is -0.368 e. The van der Waals surface area contributed by atoms with Crippen molar-refractivity contribution >= 4 is 5.91 Å². The van der Waals surface area contributed by atoms with Crippen LogP contribution in [0, 0.1) is 5.92 Å². The van der Waals surface area contributed by atoms with Gasteiger partial charge in [0.25, 0.3) is 0 Å². The summed E-state index contributed by atoms with van der Waals surface area (Å²) in [7, 11) is 0. The molecule has 0 aliphatic heterocycles. The number of amides is 1. The molecule has 0 fully saturated rings. The summed E-state index contributed by atoms with van der Waals surface area (Å²) in [6, 6.07) is 0.0730. The third-order valence-electron chi connectivity index (χ3n) is 2.68. The molecule has 0 aromatic carbocycles. The number of carbonyl (C=O) groups excluding carboxylic acids is 1. The van der Waals surface area contributed by atoms with Crippen LogP contribution in [-0.4, -0.2) is 42.5 Å². The van der Waals surface area contributed by atoms with Gasteiger partial charge in [0.05, 0.1) is 6.04 Å². The zero-order chi connectivity index (χ0) is 13.4. The average Bonchev–Trinajstić information content (AvgIpc) is 2.20. The van der Waals surface area contributed by atoms with Gasteiger partial charge < -0.3 is 16.0 Å². The van der Waals surface area contributed by atoms with Crippen molar-refractivity contribution in [2.75, 3.05) is 19.6 Å². The third-order valence-corrected chi connectivity index (χ3v) is 2.68. The first-order valence-electron chi connectivity index (χ1n) is 6.64. The standard InChI is InChI=1S/C13H29N3O/c1-6-16(9-10(2)3)8-7-12(13(14)17)15-11(4)5/h10-12,15H,6-9H2,1-5H3,(H2,14,17). The fourth-order valence-corrected chi connectivity index (χ4v) is 1.92. The average molecular weight is 243 g/mol. The molecule has 0 spiro atoms. The van der Waals surface area contributed by atoms with Crippen molar-refractivity contribution in [1.82, 2.24) is 10.2 Å². The first-order valence-corrected chi connectivity index (χ1v) is 6.64. The highest BCUT2D eigenvalue weighted by Crippen LogP contribution is 2.02. The van der Waals surface area contributed by atoms with Crippen molar-refractivity contribution in [1.29, 1.82) is 0 Å². The van der Waals surface area contributed by atoms with Gasteiger partial charge in [0.1, 0.15) is 0 Å². The molecule has 4 nitrogen and oxygen atoms in total. The van der Waals surface area contributed by atoms with Crippen LogP contribution in [0.4, 0.5) is 0 Å². The predicted octanol–water partition coefficient (Wildman–Crippen LogP) is 1.21. The fourth-order valence-electron chi connectivity index (χ4n) is 1.92. The summed E-state index contributed by atoms with van der Waals surface area (Å²) in [5.74, 6) is 0.402. The lowest BCUT2D eigenvalue weighted by atomic mass is 10.1. The van der Waals surface area contributed by atoms with Crippen molar-refractivity contribution in [2.45, 2.75) is 53.1 Å². The summed E-state index contributed by atoms with van der Waals surface area (Å²) in [6.07, 6.45) is 0.786. The van der Waals surface area contributed by atoms with Crippen LogP contribution in [0.2, 0.25) is 0 Å². The number of nitrogens with zero attached hydrogens (tertiary/aromatic N) is 1. The number of hydrogen-bond donors (Lipinski definition) is 2. The second-order valence-corrected chi connectivity index (χ2v) is 5.35. The monoisotopic (exact) mass is 243 g/mol. The van der Waals surface area contributed by atoms with Crippen LogP contribution < -0.4 is 11.1 Å². The van der Waals surface area contributed by atoms with Crippen molar-refractivity contribution in [3.8, 4) is 0 Å². The molecule has 3 N–H and O–H groups in total. The molecular formula is C13H29N3O. The van der Waals surface area contributed by atoms with Gasteiger partial charge >= 0.3 is 0 Å². The van der Waals surface area contributed by atoms with Gasteiger partial charge in [-0.2, -0.15) is 0 Å². The molecule has 0 aromatic rings. The molecule has 17 heavy (non-hydrogen) atoms. The summed E-state index contributed by atoms with van der Waals surface area (Å²) in [5, 5.41) is 3.21. The zero-order valence-corrected chi connectivity index (χ0v) is 12.0. The van der Waals surface area contributed by atoms with E-state index in [1.165, 1.54) is 0 Å². The molecule has 102 valence electrons. The van der Waals surface area contributed by atoms with E-state index in [4.69, 9.17) is 5.73 Å². The largest absolute Gasteiger partial charge is 0.368 e. The Bertz CT molecular complexity index is 217. The van der Waals surface area contributed by atoms with Crippen LogP contribution in [0.5, 0.6) is 0 Å². The lowest BCUT2D eigenvalue weighted by Gasteiger charge is -2.25. The van der Waals surface area contributed by atoms with Gasteiger partial charge in [-0.25, -0.2) is 0 Å². The van der Waals surface area contributed by atoms with Gasteiger partial charge in [0, 0.05) is 19.1 Å². The highest BCUT2D eigenvalue weighted by Gasteiger charge is 2.17. The maximum Gasteiger partial charge on any atom is 0.234 e. The van der Waals surface area contributed by atoms with Crippen LogP contribution in [0.25, 0.3) is 0 Å². The molecule has 0 aliphatic rings. The molecule has 1 unspecified atom stereocenters. The van der Waals surface area contributed by atoms with Gasteiger partial charge in [-0.15, -0.1) is 0 Å².